The van der Waals surface area contributed by atoms with Gasteiger partial charge in [-0.3, -0.25) is 0 Å². The van der Waals surface area contributed by atoms with Gasteiger partial charge < -0.3 is 15.9 Å². The van der Waals surface area contributed by atoms with Crippen molar-refractivity contribution in [2.45, 2.75) is 44.8 Å². The number of hydrogen-bond donors (Lipinski definition) is 3. The summed E-state index contributed by atoms with van der Waals surface area (Å²) in [6.07, 6.45) is 2.36. The normalized spacial score (nSPS) is 16.4. The van der Waals surface area contributed by atoms with Gasteiger partial charge in [0.15, 0.2) is 0 Å². The molecule has 11 heavy (non-hydrogen) atoms. The molecule has 2 atom stereocenters. The highest BCUT2D eigenvalue weighted by Crippen LogP contribution is 2.05. The van der Waals surface area contributed by atoms with E-state index in [4.69, 9.17) is 10.8 Å². The topological polar surface area (TPSA) is 66.5 Å². The molecule has 0 heterocycles. The van der Waals surface area contributed by atoms with Crippen LogP contribution in [0.2, 0.25) is 0 Å². The van der Waals surface area contributed by atoms with Crippen molar-refractivity contribution in [2.24, 2.45) is 5.73 Å². The SMILES string of the molecule is CCCCC(O)CC(O)CN. The van der Waals surface area contributed by atoms with E-state index in [1.54, 1.807) is 0 Å². The molecule has 0 aromatic heterocycles. The fraction of sp³-hybridized carbons (Fsp3) is 1.00. The van der Waals surface area contributed by atoms with Gasteiger partial charge in [0.1, 0.15) is 0 Å². The van der Waals surface area contributed by atoms with Crippen LogP contribution in [0, 0.1) is 0 Å². The van der Waals surface area contributed by atoms with Gasteiger partial charge in [0, 0.05) is 13.0 Å². The lowest BCUT2D eigenvalue weighted by Crippen LogP contribution is -2.25. The summed E-state index contributed by atoms with van der Waals surface area (Å²) >= 11 is 0. The lowest BCUT2D eigenvalue weighted by Gasteiger charge is -2.13. The van der Waals surface area contributed by atoms with Gasteiger partial charge in [-0.1, -0.05) is 19.8 Å². The number of aliphatic hydroxyl groups is 2. The summed E-state index contributed by atoms with van der Waals surface area (Å²) < 4.78 is 0. The van der Waals surface area contributed by atoms with Gasteiger partial charge in [-0.05, 0) is 6.42 Å². The minimum absolute atomic E-state index is 0.239. The van der Waals surface area contributed by atoms with Crippen LogP contribution in [0.1, 0.15) is 32.6 Å². The van der Waals surface area contributed by atoms with E-state index in [2.05, 4.69) is 6.92 Å². The van der Waals surface area contributed by atoms with Crippen LogP contribution in [0.5, 0.6) is 0 Å². The van der Waals surface area contributed by atoms with E-state index in [1.165, 1.54) is 0 Å². The van der Waals surface area contributed by atoms with E-state index in [-0.39, 0.29) is 12.6 Å². The van der Waals surface area contributed by atoms with Gasteiger partial charge in [-0.2, -0.15) is 0 Å². The van der Waals surface area contributed by atoms with Crippen molar-refractivity contribution in [3.05, 3.63) is 0 Å². The summed E-state index contributed by atoms with van der Waals surface area (Å²) in [5, 5.41) is 18.3. The molecule has 0 amide bonds. The van der Waals surface area contributed by atoms with Crippen molar-refractivity contribution in [1.29, 1.82) is 0 Å². The van der Waals surface area contributed by atoms with Crippen LogP contribution in [0.25, 0.3) is 0 Å². The van der Waals surface area contributed by atoms with E-state index in [0.29, 0.717) is 6.42 Å². The van der Waals surface area contributed by atoms with Gasteiger partial charge in [-0.15, -0.1) is 0 Å². The van der Waals surface area contributed by atoms with Crippen LogP contribution in [0.4, 0.5) is 0 Å². The van der Waals surface area contributed by atoms with Crippen molar-refractivity contribution < 1.29 is 10.2 Å². The van der Waals surface area contributed by atoms with Crippen molar-refractivity contribution >= 4 is 0 Å². The summed E-state index contributed by atoms with van der Waals surface area (Å²) in [7, 11) is 0. The molecule has 4 N–H and O–H groups in total. The molecule has 0 rings (SSSR count). The molecule has 3 nitrogen and oxygen atoms in total. The van der Waals surface area contributed by atoms with Gasteiger partial charge in [-0.25, -0.2) is 0 Å². The maximum atomic E-state index is 9.27. The molecular weight excluding hydrogens is 142 g/mol. The van der Waals surface area contributed by atoms with Crippen LogP contribution < -0.4 is 5.73 Å². The van der Waals surface area contributed by atoms with Crippen LogP contribution >= 0.6 is 0 Å². The molecule has 0 aliphatic rings. The van der Waals surface area contributed by atoms with E-state index in [1.807, 2.05) is 0 Å². The number of nitrogens with two attached hydrogens (primary N) is 1. The molecule has 68 valence electrons. The van der Waals surface area contributed by atoms with Crippen molar-refractivity contribution in [3.63, 3.8) is 0 Å². The third-order valence-electron chi connectivity index (χ3n) is 1.71. The predicted octanol–water partition coefficient (Wildman–Crippen LogP) is 0.247. The lowest BCUT2D eigenvalue weighted by molar-refractivity contribution is 0.0787. The van der Waals surface area contributed by atoms with Crippen LogP contribution in [0.3, 0.4) is 0 Å². The first-order chi connectivity index (χ1) is 5.20. The first-order valence-electron chi connectivity index (χ1n) is 4.26. The number of aliphatic hydroxyl groups excluding tert-OH is 2. The van der Waals surface area contributed by atoms with Gasteiger partial charge >= 0.3 is 0 Å². The van der Waals surface area contributed by atoms with Gasteiger partial charge in [0.25, 0.3) is 0 Å². The minimum atomic E-state index is -0.540. The zero-order chi connectivity index (χ0) is 8.69. The summed E-state index contributed by atoms with van der Waals surface area (Å²) in [5.74, 6) is 0. The monoisotopic (exact) mass is 161 g/mol. The fourth-order valence-corrected chi connectivity index (χ4v) is 0.968. The number of rotatable bonds is 6. The molecule has 0 saturated carbocycles. The second-order valence-electron chi connectivity index (χ2n) is 2.92. The summed E-state index contributed by atoms with van der Waals surface area (Å²) in [6.45, 7) is 2.31. The van der Waals surface area contributed by atoms with Gasteiger partial charge in [0.05, 0.1) is 12.2 Å². The Labute approximate surface area is 68.2 Å². The largest absolute Gasteiger partial charge is 0.393 e. The van der Waals surface area contributed by atoms with Crippen LogP contribution in [-0.2, 0) is 0 Å². The Hall–Kier alpha value is -0.120. The molecule has 0 aliphatic heterocycles. The average molecular weight is 161 g/mol. The number of hydrogen-bond acceptors (Lipinski definition) is 3. The highest BCUT2D eigenvalue weighted by Gasteiger charge is 2.08. The Morgan fingerprint density at radius 3 is 2.36 bits per heavy atom. The molecule has 0 aromatic rings. The Kier molecular flexibility index (Phi) is 6.51. The zero-order valence-corrected chi connectivity index (χ0v) is 7.16. The standard InChI is InChI=1S/C8H19NO2/c1-2-3-4-7(10)5-8(11)6-9/h7-8,10-11H,2-6,9H2,1H3. The second kappa shape index (κ2) is 6.58. The van der Waals surface area contributed by atoms with E-state index >= 15 is 0 Å². The molecule has 2 unspecified atom stereocenters. The zero-order valence-electron chi connectivity index (χ0n) is 7.16. The van der Waals surface area contributed by atoms with Crippen LogP contribution in [-0.4, -0.2) is 29.0 Å². The lowest BCUT2D eigenvalue weighted by atomic mass is 10.1. The Morgan fingerprint density at radius 1 is 1.27 bits per heavy atom. The van der Waals surface area contributed by atoms with Gasteiger partial charge in [0.2, 0.25) is 0 Å². The molecule has 0 fully saturated rings. The van der Waals surface area contributed by atoms with E-state index < -0.39 is 6.10 Å². The molecule has 0 saturated heterocycles. The number of unbranched alkanes of at least 4 members (excludes halogenated alkanes) is 1. The molecule has 0 bridgehead atoms. The van der Waals surface area contributed by atoms with Crippen LogP contribution in [0.15, 0.2) is 0 Å². The molecule has 0 aliphatic carbocycles. The Morgan fingerprint density at radius 2 is 1.91 bits per heavy atom. The molecular formula is C8H19NO2. The Bertz CT molecular complexity index is 88.2. The summed E-state index contributed by atoms with van der Waals surface area (Å²) in [5.41, 5.74) is 5.19. The predicted molar refractivity (Wildman–Crippen MR) is 45.2 cm³/mol. The Balaban J connectivity index is 3.27. The maximum Gasteiger partial charge on any atom is 0.0687 e. The third kappa shape index (κ3) is 6.28. The van der Waals surface area contributed by atoms with E-state index in [9.17, 15) is 5.11 Å². The smallest absolute Gasteiger partial charge is 0.0687 e. The van der Waals surface area contributed by atoms with Crippen molar-refractivity contribution in [3.8, 4) is 0 Å². The average Bonchev–Trinajstić information content (AvgIpc) is 2.00. The van der Waals surface area contributed by atoms with Crippen molar-refractivity contribution in [1.82, 2.24) is 0 Å². The summed E-state index contributed by atoms with van der Waals surface area (Å²) in [4.78, 5) is 0. The van der Waals surface area contributed by atoms with Crippen molar-refractivity contribution in [2.75, 3.05) is 6.54 Å². The quantitative estimate of drug-likeness (QED) is 0.523. The molecule has 0 aromatic carbocycles. The first kappa shape index (κ1) is 10.9. The summed E-state index contributed by atoms with van der Waals surface area (Å²) in [6, 6.07) is 0. The highest BCUT2D eigenvalue weighted by atomic mass is 16.3. The molecule has 0 spiro atoms. The second-order valence-corrected chi connectivity index (χ2v) is 2.92. The third-order valence-corrected chi connectivity index (χ3v) is 1.71. The fourth-order valence-electron chi connectivity index (χ4n) is 0.968. The highest BCUT2D eigenvalue weighted by molar-refractivity contribution is 4.63. The minimum Gasteiger partial charge on any atom is -0.393 e. The first-order valence-corrected chi connectivity index (χ1v) is 4.26. The van der Waals surface area contributed by atoms with E-state index in [0.717, 1.165) is 19.3 Å². The molecule has 0 radical (unpaired) electrons. The maximum absolute atomic E-state index is 9.27. The molecule has 3 heteroatoms.